The lowest BCUT2D eigenvalue weighted by Gasteiger charge is -2.04. The first-order chi connectivity index (χ1) is 4.36. The van der Waals surface area contributed by atoms with Gasteiger partial charge in [0, 0.05) is 5.25 Å². The third-order valence-corrected chi connectivity index (χ3v) is 3.25. The Kier molecular flexibility index (Phi) is 2.86. The van der Waals surface area contributed by atoms with Gasteiger partial charge in [0.1, 0.15) is 0 Å². The minimum atomic E-state index is 0.836. The van der Waals surface area contributed by atoms with E-state index >= 15 is 0 Å². The lowest BCUT2D eigenvalue weighted by atomic mass is 10.1. The highest BCUT2D eigenvalue weighted by molar-refractivity contribution is 7.99. The van der Waals surface area contributed by atoms with Crippen LogP contribution >= 0.6 is 11.8 Å². The molecule has 1 nitrogen and oxygen atoms in total. The molecule has 1 aliphatic rings. The fourth-order valence-electron chi connectivity index (χ4n) is 1.46. The first kappa shape index (κ1) is 7.42. The monoisotopic (exact) mass is 145 g/mol. The molecule has 1 aliphatic carbocycles. The topological polar surface area (TPSA) is 26.0 Å². The summed E-state index contributed by atoms with van der Waals surface area (Å²) in [6.45, 7) is 0.900. The third kappa shape index (κ3) is 1.87. The first-order valence-corrected chi connectivity index (χ1v) is 4.88. The molecule has 2 heteroatoms. The van der Waals surface area contributed by atoms with Crippen molar-refractivity contribution in [1.29, 1.82) is 0 Å². The molecular formula is C7H15NS. The number of hydrogen-bond donors (Lipinski definition) is 1. The van der Waals surface area contributed by atoms with E-state index in [1.807, 2.05) is 11.8 Å². The van der Waals surface area contributed by atoms with Crippen LogP contribution in [0.1, 0.15) is 19.3 Å². The maximum atomic E-state index is 5.54. The summed E-state index contributed by atoms with van der Waals surface area (Å²) < 4.78 is 0. The van der Waals surface area contributed by atoms with Crippen molar-refractivity contribution in [3.8, 4) is 0 Å². The molecule has 0 spiro atoms. The van der Waals surface area contributed by atoms with Crippen LogP contribution in [0, 0.1) is 5.92 Å². The molecule has 2 unspecified atom stereocenters. The van der Waals surface area contributed by atoms with Crippen LogP contribution in [0.2, 0.25) is 0 Å². The minimum absolute atomic E-state index is 0.836. The van der Waals surface area contributed by atoms with Crippen LogP contribution in [-0.2, 0) is 0 Å². The van der Waals surface area contributed by atoms with Gasteiger partial charge < -0.3 is 5.73 Å². The molecule has 54 valence electrons. The molecule has 1 rings (SSSR count). The molecule has 0 bridgehead atoms. The Balaban J connectivity index is 2.20. The molecule has 0 aromatic carbocycles. The summed E-state index contributed by atoms with van der Waals surface area (Å²) in [7, 11) is 0. The summed E-state index contributed by atoms with van der Waals surface area (Å²) in [5.74, 6) is 0.836. The Hall–Kier alpha value is 0.310. The van der Waals surface area contributed by atoms with Gasteiger partial charge in [0.15, 0.2) is 0 Å². The van der Waals surface area contributed by atoms with E-state index in [-0.39, 0.29) is 0 Å². The van der Waals surface area contributed by atoms with Crippen molar-refractivity contribution in [3.05, 3.63) is 0 Å². The lowest BCUT2D eigenvalue weighted by molar-refractivity contribution is 0.563. The molecule has 1 saturated carbocycles. The van der Waals surface area contributed by atoms with Gasteiger partial charge in [-0.15, -0.1) is 0 Å². The molecule has 0 radical (unpaired) electrons. The zero-order chi connectivity index (χ0) is 6.69. The molecule has 1 fully saturated rings. The summed E-state index contributed by atoms with van der Waals surface area (Å²) in [6, 6.07) is 0. The zero-order valence-corrected chi connectivity index (χ0v) is 6.79. The predicted octanol–water partition coefficient (Wildman–Crippen LogP) is 1.48. The Morgan fingerprint density at radius 1 is 1.56 bits per heavy atom. The van der Waals surface area contributed by atoms with Crippen LogP contribution in [0.3, 0.4) is 0 Å². The highest BCUT2D eigenvalue weighted by Crippen LogP contribution is 2.31. The minimum Gasteiger partial charge on any atom is -0.330 e. The molecule has 0 aromatic rings. The van der Waals surface area contributed by atoms with Gasteiger partial charge in [-0.1, -0.05) is 0 Å². The second-order valence-corrected chi connectivity index (χ2v) is 3.91. The predicted molar refractivity (Wildman–Crippen MR) is 43.7 cm³/mol. The SMILES string of the molecule is CSC1CCC(CN)C1. The van der Waals surface area contributed by atoms with Crippen molar-refractivity contribution >= 4 is 11.8 Å². The second kappa shape index (κ2) is 3.47. The van der Waals surface area contributed by atoms with E-state index in [1.54, 1.807) is 0 Å². The fraction of sp³-hybridized carbons (Fsp3) is 1.00. The van der Waals surface area contributed by atoms with Gasteiger partial charge >= 0.3 is 0 Å². The largest absolute Gasteiger partial charge is 0.330 e. The smallest absolute Gasteiger partial charge is 0.00475 e. The summed E-state index contributed by atoms with van der Waals surface area (Å²) in [5.41, 5.74) is 5.54. The van der Waals surface area contributed by atoms with Gasteiger partial charge in [0.25, 0.3) is 0 Å². The van der Waals surface area contributed by atoms with Gasteiger partial charge in [-0.05, 0) is 38.0 Å². The summed E-state index contributed by atoms with van der Waals surface area (Å²) in [4.78, 5) is 0. The number of hydrogen-bond acceptors (Lipinski definition) is 2. The van der Waals surface area contributed by atoms with Crippen LogP contribution in [0.15, 0.2) is 0 Å². The lowest BCUT2D eigenvalue weighted by Crippen LogP contribution is -2.10. The van der Waals surface area contributed by atoms with Gasteiger partial charge in [-0.3, -0.25) is 0 Å². The normalized spacial score (nSPS) is 35.3. The van der Waals surface area contributed by atoms with E-state index in [9.17, 15) is 0 Å². The average Bonchev–Trinajstić information content (AvgIpc) is 2.34. The Bertz CT molecular complexity index is 75.0. The molecule has 2 atom stereocenters. The number of nitrogens with two attached hydrogens (primary N) is 1. The van der Waals surface area contributed by atoms with Crippen LogP contribution in [-0.4, -0.2) is 18.1 Å². The standard InChI is InChI=1S/C7H15NS/c1-9-7-3-2-6(4-7)5-8/h6-7H,2-5,8H2,1H3. The van der Waals surface area contributed by atoms with E-state index in [0.29, 0.717) is 0 Å². The zero-order valence-electron chi connectivity index (χ0n) is 5.97. The van der Waals surface area contributed by atoms with E-state index < -0.39 is 0 Å². The first-order valence-electron chi connectivity index (χ1n) is 3.59. The van der Waals surface area contributed by atoms with Gasteiger partial charge in [-0.25, -0.2) is 0 Å². The Morgan fingerprint density at radius 2 is 2.33 bits per heavy atom. The maximum Gasteiger partial charge on any atom is 0.00475 e. The van der Waals surface area contributed by atoms with Crippen molar-refractivity contribution < 1.29 is 0 Å². The summed E-state index contributed by atoms with van der Waals surface area (Å²) >= 11 is 2.00. The average molecular weight is 145 g/mol. The molecular weight excluding hydrogens is 130 g/mol. The van der Waals surface area contributed by atoms with E-state index in [2.05, 4.69) is 6.26 Å². The third-order valence-electron chi connectivity index (χ3n) is 2.16. The van der Waals surface area contributed by atoms with Crippen LogP contribution < -0.4 is 5.73 Å². The van der Waals surface area contributed by atoms with E-state index in [4.69, 9.17) is 5.73 Å². The molecule has 0 saturated heterocycles. The van der Waals surface area contributed by atoms with Crippen molar-refractivity contribution in [2.75, 3.05) is 12.8 Å². The highest BCUT2D eigenvalue weighted by Gasteiger charge is 2.21. The number of rotatable bonds is 2. The quantitative estimate of drug-likeness (QED) is 0.637. The van der Waals surface area contributed by atoms with Gasteiger partial charge in [-0.2, -0.15) is 11.8 Å². The molecule has 0 heterocycles. The van der Waals surface area contributed by atoms with E-state index in [0.717, 1.165) is 17.7 Å². The second-order valence-electron chi connectivity index (χ2n) is 2.77. The van der Waals surface area contributed by atoms with Crippen molar-refractivity contribution in [1.82, 2.24) is 0 Å². The van der Waals surface area contributed by atoms with Crippen LogP contribution in [0.25, 0.3) is 0 Å². The molecule has 9 heavy (non-hydrogen) atoms. The Morgan fingerprint density at radius 3 is 2.67 bits per heavy atom. The van der Waals surface area contributed by atoms with Crippen LogP contribution in [0.5, 0.6) is 0 Å². The molecule has 0 aliphatic heterocycles. The molecule has 2 N–H and O–H groups in total. The number of thioether (sulfide) groups is 1. The Labute approximate surface area is 61.4 Å². The van der Waals surface area contributed by atoms with Gasteiger partial charge in [0.2, 0.25) is 0 Å². The summed E-state index contributed by atoms with van der Waals surface area (Å²) in [6.07, 6.45) is 6.31. The van der Waals surface area contributed by atoms with Crippen molar-refractivity contribution in [2.24, 2.45) is 11.7 Å². The fourth-order valence-corrected chi connectivity index (χ4v) is 2.29. The molecule has 0 amide bonds. The molecule has 0 aromatic heterocycles. The summed E-state index contributed by atoms with van der Waals surface area (Å²) in [5, 5.41) is 0.915. The highest BCUT2D eigenvalue weighted by atomic mass is 32.2. The van der Waals surface area contributed by atoms with E-state index in [1.165, 1.54) is 19.3 Å². The maximum absolute atomic E-state index is 5.54. The van der Waals surface area contributed by atoms with Crippen LogP contribution in [0.4, 0.5) is 0 Å². The van der Waals surface area contributed by atoms with Crippen molar-refractivity contribution in [2.45, 2.75) is 24.5 Å². The van der Waals surface area contributed by atoms with Crippen molar-refractivity contribution in [3.63, 3.8) is 0 Å². The van der Waals surface area contributed by atoms with Gasteiger partial charge in [0.05, 0.1) is 0 Å².